The SMILES string of the molecule is COc1cc(C)sc1C(=O)NC1CC2CCC(C1)N2. The first kappa shape index (κ1) is 12.9. The summed E-state index contributed by atoms with van der Waals surface area (Å²) in [6.07, 6.45) is 4.60. The molecular formula is C14H20N2O2S. The van der Waals surface area contributed by atoms with Crippen LogP contribution in [0.3, 0.4) is 0 Å². The van der Waals surface area contributed by atoms with Crippen LogP contribution in [0.5, 0.6) is 5.75 Å². The molecule has 2 aliphatic heterocycles. The number of hydrogen-bond acceptors (Lipinski definition) is 4. The van der Waals surface area contributed by atoms with Crippen molar-refractivity contribution in [1.29, 1.82) is 0 Å². The van der Waals surface area contributed by atoms with Gasteiger partial charge in [0.1, 0.15) is 10.6 Å². The summed E-state index contributed by atoms with van der Waals surface area (Å²) in [7, 11) is 1.61. The van der Waals surface area contributed by atoms with Crippen LogP contribution in [0.4, 0.5) is 0 Å². The molecule has 2 N–H and O–H groups in total. The monoisotopic (exact) mass is 280 g/mol. The van der Waals surface area contributed by atoms with E-state index in [1.165, 1.54) is 24.2 Å². The number of carbonyl (C=O) groups is 1. The summed E-state index contributed by atoms with van der Waals surface area (Å²) in [5.74, 6) is 0.707. The van der Waals surface area contributed by atoms with E-state index in [9.17, 15) is 4.79 Å². The first-order chi connectivity index (χ1) is 9.15. The standard InChI is InChI=1S/C14H20N2O2S/c1-8-5-12(18-2)13(19-8)14(17)16-11-6-9-3-4-10(7-11)15-9/h5,9-11,15H,3-4,6-7H2,1-2H3,(H,16,17). The summed E-state index contributed by atoms with van der Waals surface area (Å²) >= 11 is 1.50. The molecule has 4 nitrogen and oxygen atoms in total. The molecule has 2 fully saturated rings. The average Bonchev–Trinajstić information content (AvgIpc) is 2.92. The van der Waals surface area contributed by atoms with E-state index in [1.807, 2.05) is 13.0 Å². The number of fused-ring (bicyclic) bond motifs is 2. The van der Waals surface area contributed by atoms with Crippen molar-refractivity contribution in [3.05, 3.63) is 15.8 Å². The molecule has 1 aromatic rings. The predicted molar refractivity (Wildman–Crippen MR) is 76.0 cm³/mol. The molecule has 0 spiro atoms. The van der Waals surface area contributed by atoms with Crippen molar-refractivity contribution < 1.29 is 9.53 Å². The van der Waals surface area contributed by atoms with Gasteiger partial charge in [-0.1, -0.05) is 0 Å². The number of methoxy groups -OCH3 is 1. The van der Waals surface area contributed by atoms with E-state index < -0.39 is 0 Å². The number of rotatable bonds is 3. The van der Waals surface area contributed by atoms with Crippen LogP contribution >= 0.6 is 11.3 Å². The van der Waals surface area contributed by atoms with Crippen LogP contribution < -0.4 is 15.4 Å². The molecule has 2 unspecified atom stereocenters. The molecule has 3 heterocycles. The Morgan fingerprint density at radius 2 is 2.11 bits per heavy atom. The van der Waals surface area contributed by atoms with Gasteiger partial charge in [-0.3, -0.25) is 4.79 Å². The zero-order chi connectivity index (χ0) is 13.4. The second-order valence-corrected chi connectivity index (χ2v) is 6.79. The first-order valence-electron chi connectivity index (χ1n) is 6.87. The van der Waals surface area contributed by atoms with Gasteiger partial charge in [-0.15, -0.1) is 11.3 Å². The number of piperidine rings is 1. The maximum atomic E-state index is 12.3. The minimum atomic E-state index is 0.0150. The summed E-state index contributed by atoms with van der Waals surface area (Å²) in [6.45, 7) is 1.99. The largest absolute Gasteiger partial charge is 0.495 e. The van der Waals surface area contributed by atoms with E-state index >= 15 is 0 Å². The fraction of sp³-hybridized carbons (Fsp3) is 0.643. The molecule has 104 valence electrons. The molecule has 0 aromatic carbocycles. The van der Waals surface area contributed by atoms with E-state index in [0.717, 1.165) is 17.7 Å². The van der Waals surface area contributed by atoms with Crippen molar-refractivity contribution in [1.82, 2.24) is 10.6 Å². The van der Waals surface area contributed by atoms with Gasteiger partial charge in [-0.05, 0) is 38.7 Å². The Hall–Kier alpha value is -1.07. The Balaban J connectivity index is 1.67. The fourth-order valence-electron chi connectivity index (χ4n) is 3.23. The number of ether oxygens (including phenoxy) is 1. The van der Waals surface area contributed by atoms with Gasteiger partial charge in [0.2, 0.25) is 0 Å². The van der Waals surface area contributed by atoms with Crippen LogP contribution in [0.25, 0.3) is 0 Å². The van der Waals surface area contributed by atoms with Gasteiger partial charge in [-0.2, -0.15) is 0 Å². The third kappa shape index (κ3) is 2.62. The molecule has 2 saturated heterocycles. The molecule has 1 aromatic heterocycles. The van der Waals surface area contributed by atoms with Crippen molar-refractivity contribution in [2.24, 2.45) is 0 Å². The number of carbonyl (C=O) groups excluding carboxylic acids is 1. The highest BCUT2D eigenvalue weighted by Crippen LogP contribution is 2.30. The van der Waals surface area contributed by atoms with Crippen LogP contribution in [0.2, 0.25) is 0 Å². The highest BCUT2D eigenvalue weighted by molar-refractivity contribution is 7.14. The lowest BCUT2D eigenvalue weighted by atomic mass is 10.00. The van der Waals surface area contributed by atoms with Gasteiger partial charge >= 0.3 is 0 Å². The molecule has 19 heavy (non-hydrogen) atoms. The molecule has 2 aliphatic rings. The molecule has 2 bridgehead atoms. The quantitative estimate of drug-likeness (QED) is 0.891. The Kier molecular flexibility index (Phi) is 3.50. The van der Waals surface area contributed by atoms with Gasteiger partial charge in [0, 0.05) is 23.0 Å². The summed E-state index contributed by atoms with van der Waals surface area (Å²) in [5, 5.41) is 6.76. The van der Waals surface area contributed by atoms with Crippen molar-refractivity contribution in [3.8, 4) is 5.75 Å². The molecule has 3 rings (SSSR count). The van der Waals surface area contributed by atoms with Gasteiger partial charge in [0.25, 0.3) is 5.91 Å². The van der Waals surface area contributed by atoms with Crippen LogP contribution in [0, 0.1) is 6.92 Å². The number of hydrogen-bond donors (Lipinski definition) is 2. The summed E-state index contributed by atoms with van der Waals surface area (Å²) in [4.78, 5) is 14.1. The lowest BCUT2D eigenvalue weighted by Crippen LogP contribution is -2.47. The molecule has 1 amide bonds. The van der Waals surface area contributed by atoms with E-state index in [-0.39, 0.29) is 5.91 Å². The average molecular weight is 280 g/mol. The summed E-state index contributed by atoms with van der Waals surface area (Å²) in [6, 6.07) is 3.41. The zero-order valence-corrected chi connectivity index (χ0v) is 12.2. The van der Waals surface area contributed by atoms with E-state index in [2.05, 4.69) is 10.6 Å². The predicted octanol–water partition coefficient (Wildman–Crippen LogP) is 2.08. The number of thiophene rings is 1. The van der Waals surface area contributed by atoms with Gasteiger partial charge < -0.3 is 15.4 Å². The number of aryl methyl sites for hydroxylation is 1. The molecule has 0 saturated carbocycles. The van der Waals surface area contributed by atoms with Gasteiger partial charge in [0.05, 0.1) is 7.11 Å². The molecular weight excluding hydrogens is 260 g/mol. The minimum absolute atomic E-state index is 0.0150. The highest BCUT2D eigenvalue weighted by atomic mass is 32.1. The van der Waals surface area contributed by atoms with Gasteiger partial charge in [0.15, 0.2) is 0 Å². The first-order valence-corrected chi connectivity index (χ1v) is 7.68. The molecule has 0 aliphatic carbocycles. The Morgan fingerprint density at radius 3 is 2.74 bits per heavy atom. The number of nitrogens with one attached hydrogen (secondary N) is 2. The lowest BCUT2D eigenvalue weighted by molar-refractivity contribution is 0.0925. The third-order valence-electron chi connectivity index (χ3n) is 4.06. The molecule has 2 atom stereocenters. The van der Waals surface area contributed by atoms with Crippen LogP contribution in [-0.4, -0.2) is 31.1 Å². The van der Waals surface area contributed by atoms with Crippen molar-refractivity contribution in [3.63, 3.8) is 0 Å². The van der Waals surface area contributed by atoms with Crippen LogP contribution in [0.15, 0.2) is 6.07 Å². The summed E-state index contributed by atoms with van der Waals surface area (Å²) in [5.41, 5.74) is 0. The lowest BCUT2D eigenvalue weighted by Gasteiger charge is -2.29. The smallest absolute Gasteiger partial charge is 0.265 e. The van der Waals surface area contributed by atoms with E-state index in [0.29, 0.717) is 28.8 Å². The maximum absolute atomic E-state index is 12.3. The normalized spacial score (nSPS) is 29.3. The Bertz CT molecular complexity index is 474. The van der Waals surface area contributed by atoms with Gasteiger partial charge in [-0.25, -0.2) is 0 Å². The van der Waals surface area contributed by atoms with Crippen LogP contribution in [0.1, 0.15) is 40.2 Å². The highest BCUT2D eigenvalue weighted by Gasteiger charge is 2.34. The van der Waals surface area contributed by atoms with E-state index in [1.54, 1.807) is 7.11 Å². The zero-order valence-electron chi connectivity index (χ0n) is 11.4. The van der Waals surface area contributed by atoms with E-state index in [4.69, 9.17) is 4.74 Å². The van der Waals surface area contributed by atoms with Crippen molar-refractivity contribution >= 4 is 17.2 Å². The minimum Gasteiger partial charge on any atom is -0.495 e. The van der Waals surface area contributed by atoms with Crippen LogP contribution in [-0.2, 0) is 0 Å². The molecule has 0 radical (unpaired) electrons. The summed E-state index contributed by atoms with van der Waals surface area (Å²) < 4.78 is 5.27. The van der Waals surface area contributed by atoms with Crippen molar-refractivity contribution in [2.75, 3.05) is 7.11 Å². The Labute approximate surface area is 117 Å². The second-order valence-electron chi connectivity index (χ2n) is 5.53. The Morgan fingerprint density at radius 1 is 1.42 bits per heavy atom. The fourth-order valence-corrected chi connectivity index (χ4v) is 4.11. The topological polar surface area (TPSA) is 50.4 Å². The second kappa shape index (κ2) is 5.13. The third-order valence-corrected chi connectivity index (χ3v) is 5.09. The number of amides is 1. The maximum Gasteiger partial charge on any atom is 0.265 e. The van der Waals surface area contributed by atoms with Crippen molar-refractivity contribution in [2.45, 2.75) is 50.7 Å². The molecule has 5 heteroatoms.